The van der Waals surface area contributed by atoms with Gasteiger partial charge in [-0.3, -0.25) is 19.3 Å². The fourth-order valence-corrected chi connectivity index (χ4v) is 4.56. The summed E-state index contributed by atoms with van der Waals surface area (Å²) in [5, 5.41) is 6.10. The Hall–Kier alpha value is -4.27. The number of nitrogens with one attached hydrogen (secondary N) is 2. The molecule has 3 aromatic rings. The van der Waals surface area contributed by atoms with Crippen LogP contribution in [0.3, 0.4) is 0 Å². The third-order valence-electron chi connectivity index (χ3n) is 6.50. The number of hydrogen-bond acceptors (Lipinski definition) is 7. The molecule has 0 saturated carbocycles. The Morgan fingerprint density at radius 3 is 2.14 bits per heavy atom. The molecule has 1 aromatic heterocycles. The third-order valence-corrected chi connectivity index (χ3v) is 6.50. The zero-order valence-electron chi connectivity index (χ0n) is 20.3. The minimum Gasteiger partial charge on any atom is -0.341 e. The summed E-state index contributed by atoms with van der Waals surface area (Å²) < 4.78 is 0. The Kier molecular flexibility index (Phi) is 6.37. The van der Waals surface area contributed by atoms with Gasteiger partial charge in [-0.15, -0.1) is 0 Å². The van der Waals surface area contributed by atoms with Crippen LogP contribution in [0.5, 0.6) is 0 Å². The Balaban J connectivity index is 1.23. The van der Waals surface area contributed by atoms with Crippen molar-refractivity contribution in [3.05, 3.63) is 71.4 Å². The predicted molar refractivity (Wildman–Crippen MR) is 138 cm³/mol. The highest BCUT2D eigenvalue weighted by Crippen LogP contribution is 2.26. The highest BCUT2D eigenvalue weighted by Gasteiger charge is 2.40. The molecule has 1 fully saturated rings. The first-order chi connectivity index (χ1) is 17.4. The van der Waals surface area contributed by atoms with E-state index in [0.717, 1.165) is 48.2 Å². The van der Waals surface area contributed by atoms with Crippen molar-refractivity contribution in [1.29, 1.82) is 0 Å². The Morgan fingerprint density at radius 1 is 0.889 bits per heavy atom. The van der Waals surface area contributed by atoms with Crippen LogP contribution in [0.2, 0.25) is 0 Å². The third kappa shape index (κ3) is 4.64. The molecule has 2 aliphatic heterocycles. The quantitative estimate of drug-likeness (QED) is 0.506. The highest BCUT2D eigenvalue weighted by atomic mass is 16.2. The van der Waals surface area contributed by atoms with Gasteiger partial charge >= 0.3 is 0 Å². The smallest absolute Gasteiger partial charge is 0.262 e. The lowest BCUT2D eigenvalue weighted by atomic mass is 10.1. The summed E-state index contributed by atoms with van der Waals surface area (Å²) in [4.78, 5) is 50.7. The van der Waals surface area contributed by atoms with E-state index in [4.69, 9.17) is 0 Å². The molecule has 3 heterocycles. The normalized spacial score (nSPS) is 16.1. The van der Waals surface area contributed by atoms with E-state index in [1.165, 1.54) is 6.42 Å². The van der Waals surface area contributed by atoms with Crippen molar-refractivity contribution in [1.82, 2.24) is 14.9 Å². The molecule has 1 atom stereocenters. The van der Waals surface area contributed by atoms with Crippen molar-refractivity contribution in [3.63, 3.8) is 0 Å². The van der Waals surface area contributed by atoms with Gasteiger partial charge in [0.25, 0.3) is 11.8 Å². The molecule has 9 heteroatoms. The second-order valence-electron chi connectivity index (χ2n) is 9.14. The Labute approximate surface area is 209 Å². The van der Waals surface area contributed by atoms with Crippen LogP contribution in [0.4, 0.5) is 23.1 Å². The number of imide groups is 1. The van der Waals surface area contributed by atoms with E-state index >= 15 is 0 Å². The van der Waals surface area contributed by atoms with Gasteiger partial charge in [0.15, 0.2) is 0 Å². The molecule has 0 aliphatic carbocycles. The minimum absolute atomic E-state index is 0.320. The molecule has 1 saturated heterocycles. The van der Waals surface area contributed by atoms with Gasteiger partial charge < -0.3 is 15.5 Å². The zero-order valence-corrected chi connectivity index (χ0v) is 20.3. The Bertz CT molecular complexity index is 1280. The Morgan fingerprint density at radius 2 is 1.50 bits per heavy atom. The van der Waals surface area contributed by atoms with Crippen LogP contribution in [0.1, 0.15) is 52.6 Å². The number of carbonyl (C=O) groups excluding carboxylic acids is 3. The first-order valence-electron chi connectivity index (χ1n) is 12.2. The van der Waals surface area contributed by atoms with Crippen molar-refractivity contribution in [2.45, 2.75) is 39.2 Å². The SMILES string of the molecule is Cc1cc(Nc2ccc(NC(=O)C(C)N3C(=O)c4ccccc4C3=O)cc2)nc(N2CCCCC2)n1. The largest absolute Gasteiger partial charge is 0.341 e. The van der Waals surface area contributed by atoms with E-state index < -0.39 is 23.8 Å². The molecule has 2 aliphatic rings. The zero-order chi connectivity index (χ0) is 25.2. The van der Waals surface area contributed by atoms with Crippen molar-refractivity contribution in [2.75, 3.05) is 28.6 Å². The van der Waals surface area contributed by atoms with Crippen LogP contribution in [-0.4, -0.2) is 51.7 Å². The second-order valence-corrected chi connectivity index (χ2v) is 9.14. The van der Waals surface area contributed by atoms with Crippen LogP contribution in [-0.2, 0) is 4.79 Å². The number of nitrogens with zero attached hydrogens (tertiary/aromatic N) is 4. The molecule has 2 N–H and O–H groups in total. The van der Waals surface area contributed by atoms with E-state index in [1.807, 2.05) is 25.1 Å². The molecule has 184 valence electrons. The summed E-state index contributed by atoms with van der Waals surface area (Å²) in [5.74, 6) is 0.0916. The molecule has 0 spiro atoms. The van der Waals surface area contributed by atoms with Crippen LogP contribution in [0.15, 0.2) is 54.6 Å². The number of aryl methyl sites for hydroxylation is 1. The van der Waals surface area contributed by atoms with Gasteiger partial charge in [0, 0.05) is 36.2 Å². The molecule has 0 radical (unpaired) electrons. The second kappa shape index (κ2) is 9.77. The van der Waals surface area contributed by atoms with E-state index in [1.54, 1.807) is 43.3 Å². The standard InChI is InChI=1S/C27H28N6O3/c1-17-16-23(31-27(28-17)32-14-6-3-7-15-32)29-19-10-12-20(13-11-19)30-24(34)18(2)33-25(35)21-8-4-5-9-22(21)26(33)36/h4-5,8-13,16,18H,3,6-7,14-15H2,1-2H3,(H,30,34)(H,28,29,31). The summed E-state index contributed by atoms with van der Waals surface area (Å²) in [6.07, 6.45) is 3.55. The average molecular weight is 485 g/mol. The van der Waals surface area contributed by atoms with Crippen molar-refractivity contribution < 1.29 is 14.4 Å². The molecule has 3 amide bonds. The lowest BCUT2D eigenvalue weighted by Crippen LogP contribution is -2.45. The summed E-state index contributed by atoms with van der Waals surface area (Å²) in [6.45, 7) is 5.44. The fourth-order valence-electron chi connectivity index (χ4n) is 4.56. The average Bonchev–Trinajstić information content (AvgIpc) is 3.14. The first-order valence-corrected chi connectivity index (χ1v) is 12.2. The molecular weight excluding hydrogens is 456 g/mol. The summed E-state index contributed by atoms with van der Waals surface area (Å²) in [5.41, 5.74) is 2.90. The van der Waals surface area contributed by atoms with Crippen molar-refractivity contribution in [3.8, 4) is 0 Å². The number of carbonyl (C=O) groups is 3. The predicted octanol–water partition coefficient (Wildman–Crippen LogP) is 4.14. The van der Waals surface area contributed by atoms with E-state index in [-0.39, 0.29) is 0 Å². The lowest BCUT2D eigenvalue weighted by Gasteiger charge is -2.27. The first kappa shape index (κ1) is 23.5. The number of aromatic nitrogens is 2. The van der Waals surface area contributed by atoms with Gasteiger partial charge in [0.1, 0.15) is 11.9 Å². The van der Waals surface area contributed by atoms with Gasteiger partial charge in [-0.25, -0.2) is 4.98 Å². The maximum atomic E-state index is 12.8. The molecule has 36 heavy (non-hydrogen) atoms. The van der Waals surface area contributed by atoms with Gasteiger partial charge in [0.05, 0.1) is 11.1 Å². The summed E-state index contributed by atoms with van der Waals surface area (Å²) in [7, 11) is 0. The van der Waals surface area contributed by atoms with Gasteiger partial charge in [-0.05, 0) is 69.5 Å². The number of anilines is 4. The lowest BCUT2D eigenvalue weighted by molar-refractivity contribution is -0.119. The summed E-state index contributed by atoms with van der Waals surface area (Å²) >= 11 is 0. The monoisotopic (exact) mass is 484 g/mol. The topological polar surface area (TPSA) is 108 Å². The van der Waals surface area contributed by atoms with Crippen LogP contribution < -0.4 is 15.5 Å². The number of rotatable bonds is 6. The maximum absolute atomic E-state index is 12.8. The van der Waals surface area contributed by atoms with Gasteiger partial charge in [0.2, 0.25) is 11.9 Å². The van der Waals surface area contributed by atoms with Crippen LogP contribution >= 0.6 is 0 Å². The molecular formula is C27H28N6O3. The summed E-state index contributed by atoms with van der Waals surface area (Å²) in [6, 6.07) is 14.7. The van der Waals surface area contributed by atoms with Crippen molar-refractivity contribution >= 4 is 40.9 Å². The fraction of sp³-hybridized carbons (Fsp3) is 0.296. The molecule has 5 rings (SSSR count). The molecule has 0 bridgehead atoms. The van der Waals surface area contributed by atoms with Gasteiger partial charge in [-0.1, -0.05) is 12.1 Å². The highest BCUT2D eigenvalue weighted by molar-refractivity contribution is 6.23. The molecule has 1 unspecified atom stereocenters. The van der Waals surface area contributed by atoms with E-state index in [2.05, 4.69) is 25.5 Å². The van der Waals surface area contributed by atoms with E-state index in [0.29, 0.717) is 22.6 Å². The number of fused-ring (bicyclic) bond motifs is 1. The maximum Gasteiger partial charge on any atom is 0.262 e. The molecule has 9 nitrogen and oxygen atoms in total. The van der Waals surface area contributed by atoms with E-state index in [9.17, 15) is 14.4 Å². The van der Waals surface area contributed by atoms with Crippen molar-refractivity contribution in [2.24, 2.45) is 0 Å². The molecule has 2 aromatic carbocycles. The number of piperidine rings is 1. The van der Waals surface area contributed by atoms with Crippen LogP contribution in [0.25, 0.3) is 0 Å². The van der Waals surface area contributed by atoms with Crippen LogP contribution in [0, 0.1) is 6.92 Å². The minimum atomic E-state index is -0.951. The number of hydrogen-bond donors (Lipinski definition) is 2. The van der Waals surface area contributed by atoms with Gasteiger partial charge in [-0.2, -0.15) is 4.98 Å². The number of benzene rings is 2. The number of amides is 3.